The van der Waals surface area contributed by atoms with E-state index in [2.05, 4.69) is 65.7 Å². The first-order chi connectivity index (χ1) is 11.6. The highest BCUT2D eigenvalue weighted by Crippen LogP contribution is 2.20. The van der Waals surface area contributed by atoms with Gasteiger partial charge in [-0.25, -0.2) is 0 Å². The van der Waals surface area contributed by atoms with Crippen LogP contribution in [0.4, 0.5) is 11.4 Å². The van der Waals surface area contributed by atoms with Crippen LogP contribution >= 0.6 is 0 Å². The van der Waals surface area contributed by atoms with E-state index in [9.17, 15) is 5.11 Å². The van der Waals surface area contributed by atoms with Gasteiger partial charge in [0.25, 0.3) is 0 Å². The first-order valence-electron chi connectivity index (χ1n) is 8.51. The molecule has 1 saturated heterocycles. The largest absolute Gasteiger partial charge is 0.393 e. The highest BCUT2D eigenvalue weighted by atomic mass is 16.3. The molecule has 0 saturated carbocycles. The average molecular weight is 323 g/mol. The molecule has 24 heavy (non-hydrogen) atoms. The quantitative estimate of drug-likeness (QED) is 0.666. The number of benzene rings is 2. The Morgan fingerprint density at radius 2 is 1.75 bits per heavy atom. The maximum absolute atomic E-state index is 9.59. The Balaban J connectivity index is 1.58. The number of aryl methyl sites for hydroxylation is 2. The van der Waals surface area contributed by atoms with Gasteiger partial charge in [-0.3, -0.25) is 5.43 Å². The Labute approximate surface area is 143 Å². The molecule has 2 aromatic rings. The van der Waals surface area contributed by atoms with Crippen LogP contribution in [-0.2, 0) is 0 Å². The minimum atomic E-state index is -0.135. The third-order valence-corrected chi connectivity index (χ3v) is 4.64. The summed E-state index contributed by atoms with van der Waals surface area (Å²) in [6.45, 7) is 6.04. The van der Waals surface area contributed by atoms with Gasteiger partial charge in [0.2, 0.25) is 0 Å². The second kappa shape index (κ2) is 7.49. The van der Waals surface area contributed by atoms with Gasteiger partial charge in [0.05, 0.1) is 18.0 Å². The fourth-order valence-electron chi connectivity index (χ4n) is 2.89. The van der Waals surface area contributed by atoms with Crippen molar-refractivity contribution in [1.29, 1.82) is 0 Å². The average Bonchev–Trinajstić information content (AvgIpc) is 2.59. The molecule has 4 heteroatoms. The summed E-state index contributed by atoms with van der Waals surface area (Å²) in [7, 11) is 0. The maximum Gasteiger partial charge on any atom is 0.0574 e. The molecule has 1 aliphatic rings. The summed E-state index contributed by atoms with van der Waals surface area (Å²) in [5, 5.41) is 13.9. The van der Waals surface area contributed by atoms with Crippen molar-refractivity contribution in [3.8, 4) is 0 Å². The van der Waals surface area contributed by atoms with Gasteiger partial charge in [0.15, 0.2) is 0 Å². The zero-order valence-corrected chi connectivity index (χ0v) is 14.4. The molecule has 0 bridgehead atoms. The number of hydrogen-bond donors (Lipinski definition) is 2. The molecular weight excluding hydrogens is 298 g/mol. The Morgan fingerprint density at radius 3 is 2.42 bits per heavy atom. The van der Waals surface area contributed by atoms with Crippen LogP contribution in [0.5, 0.6) is 0 Å². The summed E-state index contributed by atoms with van der Waals surface area (Å²) >= 11 is 0. The highest BCUT2D eigenvalue weighted by molar-refractivity contribution is 5.81. The minimum absolute atomic E-state index is 0.135. The second-order valence-corrected chi connectivity index (χ2v) is 6.48. The van der Waals surface area contributed by atoms with Crippen molar-refractivity contribution in [1.82, 2.24) is 0 Å². The molecule has 1 fully saturated rings. The number of nitrogens with zero attached hydrogens (tertiary/aromatic N) is 2. The van der Waals surface area contributed by atoms with Crippen molar-refractivity contribution in [3.63, 3.8) is 0 Å². The van der Waals surface area contributed by atoms with Crippen LogP contribution in [0.2, 0.25) is 0 Å². The molecule has 0 spiro atoms. The van der Waals surface area contributed by atoms with Gasteiger partial charge in [-0.15, -0.1) is 0 Å². The van der Waals surface area contributed by atoms with Crippen molar-refractivity contribution in [3.05, 3.63) is 59.2 Å². The number of hydrogen-bond acceptors (Lipinski definition) is 4. The molecular formula is C20H25N3O. The first-order valence-corrected chi connectivity index (χ1v) is 8.51. The normalized spacial score (nSPS) is 15.9. The highest BCUT2D eigenvalue weighted by Gasteiger charge is 2.16. The van der Waals surface area contributed by atoms with Crippen molar-refractivity contribution in [2.24, 2.45) is 5.10 Å². The van der Waals surface area contributed by atoms with Gasteiger partial charge in [0.1, 0.15) is 0 Å². The molecule has 0 radical (unpaired) electrons. The van der Waals surface area contributed by atoms with Crippen molar-refractivity contribution < 1.29 is 5.11 Å². The lowest BCUT2D eigenvalue weighted by Gasteiger charge is -2.31. The zero-order chi connectivity index (χ0) is 16.9. The molecule has 1 aliphatic heterocycles. The van der Waals surface area contributed by atoms with Crippen LogP contribution in [0, 0.1) is 13.8 Å². The van der Waals surface area contributed by atoms with Crippen molar-refractivity contribution in [2.75, 3.05) is 23.4 Å². The van der Waals surface area contributed by atoms with Crippen LogP contribution in [0.1, 0.15) is 29.5 Å². The number of anilines is 2. The van der Waals surface area contributed by atoms with Crippen LogP contribution in [0.25, 0.3) is 0 Å². The fraction of sp³-hybridized carbons (Fsp3) is 0.350. The summed E-state index contributed by atoms with van der Waals surface area (Å²) in [6, 6.07) is 14.6. The topological polar surface area (TPSA) is 47.9 Å². The van der Waals surface area contributed by atoms with Gasteiger partial charge in [-0.1, -0.05) is 18.2 Å². The zero-order valence-electron chi connectivity index (χ0n) is 14.4. The molecule has 2 N–H and O–H groups in total. The third kappa shape index (κ3) is 4.15. The van der Waals surface area contributed by atoms with E-state index in [1.165, 1.54) is 16.8 Å². The lowest BCUT2D eigenvalue weighted by Crippen LogP contribution is -2.35. The lowest BCUT2D eigenvalue weighted by atomic mass is 10.1. The van der Waals surface area contributed by atoms with Gasteiger partial charge < -0.3 is 10.0 Å². The van der Waals surface area contributed by atoms with Gasteiger partial charge in [-0.05, 0) is 67.6 Å². The third-order valence-electron chi connectivity index (χ3n) is 4.64. The number of hydrazone groups is 1. The number of aliphatic hydroxyl groups is 1. The van der Waals surface area contributed by atoms with E-state index in [0.29, 0.717) is 0 Å². The fourth-order valence-corrected chi connectivity index (χ4v) is 2.89. The molecule has 0 unspecified atom stereocenters. The van der Waals surface area contributed by atoms with Crippen molar-refractivity contribution >= 4 is 17.6 Å². The Hall–Kier alpha value is -2.33. The Morgan fingerprint density at radius 1 is 1.04 bits per heavy atom. The number of rotatable bonds is 4. The second-order valence-electron chi connectivity index (χ2n) is 6.48. The van der Waals surface area contributed by atoms with Crippen LogP contribution in [-0.4, -0.2) is 30.5 Å². The summed E-state index contributed by atoms with van der Waals surface area (Å²) in [5.74, 6) is 0. The summed E-state index contributed by atoms with van der Waals surface area (Å²) in [4.78, 5) is 2.32. The van der Waals surface area contributed by atoms with E-state index in [1.807, 2.05) is 12.3 Å². The van der Waals surface area contributed by atoms with E-state index in [4.69, 9.17) is 0 Å². The van der Waals surface area contributed by atoms with E-state index < -0.39 is 0 Å². The standard InChI is InChI=1S/C20H25N3O/c1-15-3-6-18(13-16(15)2)22-21-14-17-4-7-19(8-5-17)23-11-9-20(24)10-12-23/h3-8,13-14,20,22,24H,9-12H2,1-2H3. The molecule has 2 aromatic carbocycles. The predicted molar refractivity (Wildman–Crippen MR) is 101 cm³/mol. The van der Waals surface area contributed by atoms with Gasteiger partial charge >= 0.3 is 0 Å². The van der Waals surface area contributed by atoms with Crippen LogP contribution in [0.3, 0.4) is 0 Å². The van der Waals surface area contributed by atoms with Crippen LogP contribution < -0.4 is 10.3 Å². The first kappa shape index (κ1) is 16.5. The predicted octanol–water partition coefficient (Wildman–Crippen LogP) is 3.71. The smallest absolute Gasteiger partial charge is 0.0574 e. The molecule has 1 heterocycles. The SMILES string of the molecule is Cc1ccc(NN=Cc2ccc(N3CCC(O)CC3)cc2)cc1C. The number of aliphatic hydroxyl groups excluding tert-OH is 1. The molecule has 0 atom stereocenters. The molecule has 0 amide bonds. The summed E-state index contributed by atoms with van der Waals surface area (Å²) in [6.07, 6.45) is 3.40. The molecule has 126 valence electrons. The number of nitrogens with one attached hydrogen (secondary N) is 1. The van der Waals surface area contributed by atoms with Crippen LogP contribution in [0.15, 0.2) is 47.6 Å². The van der Waals surface area contributed by atoms with Crippen molar-refractivity contribution in [2.45, 2.75) is 32.8 Å². The summed E-state index contributed by atoms with van der Waals surface area (Å²) in [5.41, 5.74) is 8.88. The molecule has 0 aliphatic carbocycles. The molecule has 4 nitrogen and oxygen atoms in total. The van der Waals surface area contributed by atoms with Gasteiger partial charge in [0, 0.05) is 18.8 Å². The minimum Gasteiger partial charge on any atom is -0.393 e. The van der Waals surface area contributed by atoms with E-state index in [-0.39, 0.29) is 6.10 Å². The lowest BCUT2D eigenvalue weighted by molar-refractivity contribution is 0.145. The monoisotopic (exact) mass is 323 g/mol. The molecule has 0 aromatic heterocycles. The number of piperidine rings is 1. The van der Waals surface area contributed by atoms with Gasteiger partial charge in [-0.2, -0.15) is 5.10 Å². The Kier molecular flexibility index (Phi) is 5.16. The molecule has 3 rings (SSSR count). The van der Waals surface area contributed by atoms with E-state index in [0.717, 1.165) is 37.2 Å². The van der Waals surface area contributed by atoms with E-state index >= 15 is 0 Å². The summed E-state index contributed by atoms with van der Waals surface area (Å²) < 4.78 is 0. The van der Waals surface area contributed by atoms with E-state index in [1.54, 1.807) is 0 Å². The Bertz CT molecular complexity index is 701. The maximum atomic E-state index is 9.59.